The van der Waals surface area contributed by atoms with Crippen LogP contribution in [-0.4, -0.2) is 54.9 Å². The first kappa shape index (κ1) is 18.2. The third kappa shape index (κ3) is 4.25. The van der Waals surface area contributed by atoms with E-state index in [4.69, 9.17) is 5.11 Å². The molecule has 0 aromatic rings. The van der Waals surface area contributed by atoms with E-state index in [2.05, 4.69) is 0 Å². The normalized spacial score (nSPS) is 32.3. The van der Waals surface area contributed by atoms with Gasteiger partial charge in [0, 0.05) is 25.3 Å². The van der Waals surface area contributed by atoms with Crippen molar-refractivity contribution < 1.29 is 23.1 Å². The molecule has 0 unspecified atom stereocenters. The summed E-state index contributed by atoms with van der Waals surface area (Å²) in [5.41, 5.74) is 0. The number of carbonyl (C=O) groups excluding carboxylic acids is 1. The Hall–Kier alpha value is -1.11. The van der Waals surface area contributed by atoms with E-state index in [-0.39, 0.29) is 23.8 Å². The van der Waals surface area contributed by atoms with Crippen LogP contribution in [-0.2, 0) is 19.4 Å². The van der Waals surface area contributed by atoms with Crippen molar-refractivity contribution in [3.8, 4) is 0 Å². The Morgan fingerprint density at radius 2 is 1.48 bits per heavy atom. The number of hydrogen-bond acceptors (Lipinski definition) is 4. The Labute approximate surface area is 138 Å². The minimum Gasteiger partial charge on any atom is -0.481 e. The van der Waals surface area contributed by atoms with E-state index in [1.54, 1.807) is 11.9 Å². The third-order valence-electron chi connectivity index (χ3n) is 5.49. The molecular formula is C16H27NO5S. The van der Waals surface area contributed by atoms with E-state index < -0.39 is 21.1 Å². The van der Waals surface area contributed by atoms with Crippen molar-refractivity contribution in [1.29, 1.82) is 0 Å². The number of aliphatic carboxylic acids is 1. The maximum absolute atomic E-state index is 12.7. The monoisotopic (exact) mass is 345 g/mol. The molecule has 7 heteroatoms. The molecule has 2 aliphatic rings. The lowest BCUT2D eigenvalue weighted by molar-refractivity contribution is -0.146. The van der Waals surface area contributed by atoms with Crippen LogP contribution in [0.4, 0.5) is 0 Å². The van der Waals surface area contributed by atoms with Crippen LogP contribution in [0.3, 0.4) is 0 Å². The van der Waals surface area contributed by atoms with Crippen molar-refractivity contribution in [2.45, 2.75) is 62.7 Å². The Balaban J connectivity index is 2.02. The number of amides is 1. The highest BCUT2D eigenvalue weighted by Gasteiger charge is 2.39. The van der Waals surface area contributed by atoms with Crippen LogP contribution in [0.25, 0.3) is 0 Å². The number of carboxylic acids is 1. The summed E-state index contributed by atoms with van der Waals surface area (Å²) in [5.74, 6) is -1.32. The second-order valence-electron chi connectivity index (χ2n) is 7.06. The van der Waals surface area contributed by atoms with E-state index in [1.807, 2.05) is 0 Å². The van der Waals surface area contributed by atoms with Gasteiger partial charge in [-0.15, -0.1) is 0 Å². The van der Waals surface area contributed by atoms with E-state index >= 15 is 0 Å². The van der Waals surface area contributed by atoms with Crippen LogP contribution >= 0.6 is 0 Å². The van der Waals surface area contributed by atoms with Crippen molar-refractivity contribution in [3.05, 3.63) is 0 Å². The summed E-state index contributed by atoms with van der Waals surface area (Å²) in [6, 6.07) is -0.247. The predicted molar refractivity (Wildman–Crippen MR) is 86.7 cm³/mol. The van der Waals surface area contributed by atoms with Gasteiger partial charge in [-0.25, -0.2) is 8.42 Å². The summed E-state index contributed by atoms with van der Waals surface area (Å²) in [5, 5.41) is 8.57. The SMILES string of the molecule is CN(C(=O)C1CCC(C(=O)O)CC1)[C@H]1CCCC[C@@H]1S(C)(=O)=O. The number of hydrogen-bond donors (Lipinski definition) is 1. The summed E-state index contributed by atoms with van der Waals surface area (Å²) in [6.07, 6.45) is 6.65. The fourth-order valence-electron chi connectivity index (χ4n) is 4.06. The van der Waals surface area contributed by atoms with Crippen LogP contribution in [0, 0.1) is 11.8 Å². The Bertz CT molecular complexity index is 551. The molecular weight excluding hydrogens is 318 g/mol. The number of nitrogens with zero attached hydrogens (tertiary/aromatic N) is 1. The quantitative estimate of drug-likeness (QED) is 0.837. The van der Waals surface area contributed by atoms with E-state index in [0.717, 1.165) is 19.3 Å². The molecule has 2 rings (SSSR count). The lowest BCUT2D eigenvalue weighted by atomic mass is 9.81. The molecule has 0 saturated heterocycles. The molecule has 2 saturated carbocycles. The molecule has 0 bridgehead atoms. The standard InChI is InChI=1S/C16H27NO5S/c1-17(13-5-3-4-6-14(13)23(2,21)22)15(18)11-7-9-12(10-8-11)16(19)20/h11-14H,3-10H2,1-2H3,(H,19,20)/t11?,12?,13-,14-/m0/s1. The van der Waals surface area contributed by atoms with Crippen LogP contribution in [0.5, 0.6) is 0 Å². The predicted octanol–water partition coefficient (Wildman–Crippen LogP) is 1.69. The first-order valence-corrected chi connectivity index (χ1v) is 10.4. The molecule has 0 aromatic heterocycles. The Morgan fingerprint density at radius 1 is 0.957 bits per heavy atom. The molecule has 2 atom stereocenters. The lowest BCUT2D eigenvalue weighted by Crippen LogP contribution is -2.51. The molecule has 132 valence electrons. The summed E-state index contributed by atoms with van der Waals surface area (Å²) >= 11 is 0. The van der Waals surface area contributed by atoms with Crippen molar-refractivity contribution >= 4 is 21.7 Å². The molecule has 0 aromatic carbocycles. The topological polar surface area (TPSA) is 91.8 Å². The van der Waals surface area contributed by atoms with Crippen molar-refractivity contribution in [2.24, 2.45) is 11.8 Å². The van der Waals surface area contributed by atoms with E-state index in [0.29, 0.717) is 32.1 Å². The zero-order valence-electron chi connectivity index (χ0n) is 13.9. The maximum atomic E-state index is 12.7. The van der Waals surface area contributed by atoms with Gasteiger partial charge in [0.1, 0.15) is 0 Å². The molecule has 23 heavy (non-hydrogen) atoms. The first-order chi connectivity index (χ1) is 10.7. The fraction of sp³-hybridized carbons (Fsp3) is 0.875. The van der Waals surface area contributed by atoms with E-state index in [9.17, 15) is 18.0 Å². The highest BCUT2D eigenvalue weighted by atomic mass is 32.2. The van der Waals surface area contributed by atoms with E-state index in [1.165, 1.54) is 6.26 Å². The van der Waals surface area contributed by atoms with Crippen LogP contribution in [0.15, 0.2) is 0 Å². The average Bonchev–Trinajstić information content (AvgIpc) is 2.52. The fourth-order valence-corrected chi connectivity index (χ4v) is 5.54. The van der Waals surface area contributed by atoms with Gasteiger partial charge in [-0.1, -0.05) is 12.8 Å². The third-order valence-corrected chi connectivity index (χ3v) is 7.14. The molecule has 1 N–H and O–H groups in total. The summed E-state index contributed by atoms with van der Waals surface area (Å²) in [4.78, 5) is 25.4. The van der Waals surface area contributed by atoms with Gasteiger partial charge >= 0.3 is 5.97 Å². The van der Waals surface area contributed by atoms with Crippen molar-refractivity contribution in [1.82, 2.24) is 4.90 Å². The zero-order valence-corrected chi connectivity index (χ0v) is 14.7. The number of carboxylic acid groups (broad SMARTS) is 1. The Morgan fingerprint density at radius 3 is 2.00 bits per heavy atom. The molecule has 1 amide bonds. The molecule has 0 spiro atoms. The van der Waals surface area contributed by atoms with Crippen LogP contribution < -0.4 is 0 Å². The first-order valence-electron chi connectivity index (χ1n) is 8.40. The van der Waals surface area contributed by atoms with Gasteiger partial charge in [-0.3, -0.25) is 9.59 Å². The van der Waals surface area contributed by atoms with Gasteiger partial charge in [-0.05, 0) is 38.5 Å². The summed E-state index contributed by atoms with van der Waals surface area (Å²) in [7, 11) is -1.47. The van der Waals surface area contributed by atoms with Gasteiger partial charge < -0.3 is 10.0 Å². The second-order valence-corrected chi connectivity index (χ2v) is 9.32. The second kappa shape index (κ2) is 7.20. The summed E-state index contributed by atoms with van der Waals surface area (Å²) < 4.78 is 24.0. The van der Waals surface area contributed by atoms with Gasteiger partial charge in [0.2, 0.25) is 5.91 Å². The minimum atomic E-state index is -3.18. The average molecular weight is 345 g/mol. The van der Waals surface area contributed by atoms with Gasteiger partial charge in [0.05, 0.1) is 11.2 Å². The molecule has 0 aliphatic heterocycles. The van der Waals surface area contributed by atoms with Gasteiger partial charge in [0.25, 0.3) is 0 Å². The number of sulfone groups is 1. The van der Waals surface area contributed by atoms with Crippen molar-refractivity contribution in [3.63, 3.8) is 0 Å². The number of carbonyl (C=O) groups is 2. The molecule has 2 fully saturated rings. The smallest absolute Gasteiger partial charge is 0.306 e. The van der Waals surface area contributed by atoms with Crippen LogP contribution in [0.2, 0.25) is 0 Å². The molecule has 2 aliphatic carbocycles. The molecule has 0 radical (unpaired) electrons. The Kier molecular flexibility index (Phi) is 5.70. The number of rotatable bonds is 4. The summed E-state index contributed by atoms with van der Waals surface area (Å²) in [6.45, 7) is 0. The zero-order chi connectivity index (χ0) is 17.2. The van der Waals surface area contributed by atoms with Crippen molar-refractivity contribution in [2.75, 3.05) is 13.3 Å². The largest absolute Gasteiger partial charge is 0.481 e. The minimum absolute atomic E-state index is 0.0191. The lowest BCUT2D eigenvalue weighted by Gasteiger charge is -2.39. The maximum Gasteiger partial charge on any atom is 0.306 e. The van der Waals surface area contributed by atoms with Gasteiger partial charge in [0.15, 0.2) is 9.84 Å². The van der Waals surface area contributed by atoms with Crippen LogP contribution in [0.1, 0.15) is 51.4 Å². The van der Waals surface area contributed by atoms with Gasteiger partial charge in [-0.2, -0.15) is 0 Å². The highest BCUT2D eigenvalue weighted by molar-refractivity contribution is 7.91. The highest BCUT2D eigenvalue weighted by Crippen LogP contribution is 2.33. The molecule has 0 heterocycles. The molecule has 6 nitrogen and oxygen atoms in total.